The zero-order chi connectivity index (χ0) is 20.4. The molecule has 2 aromatic rings. The standard InChI is InChI=1S/C24H27NO4/c1-3-28-21-9-5-4-8-17(21)13-22-23(27)18-10-11-20(26)19(24(18)29-22)15-25-12-6-7-16(2)14-25/h4-5,8-11,13,16,26H,3,6-7,12,14-15H2,1-2H3/p+1/b22-13-/t16-/m0/s1. The molecule has 2 atom stereocenters. The molecule has 0 aromatic heterocycles. The SMILES string of the molecule is CCOc1ccccc1/C=C1\Oc2c(ccc(O)c2C[NH+]2CCC[C@H](C)C2)C1=O. The molecule has 29 heavy (non-hydrogen) atoms. The van der Waals surface area contributed by atoms with Crippen molar-refractivity contribution in [3.8, 4) is 17.2 Å². The molecule has 0 radical (unpaired) electrons. The van der Waals surface area contributed by atoms with Gasteiger partial charge < -0.3 is 19.5 Å². The summed E-state index contributed by atoms with van der Waals surface area (Å²) >= 11 is 0. The molecule has 2 heterocycles. The summed E-state index contributed by atoms with van der Waals surface area (Å²) in [6, 6.07) is 10.8. The number of phenolic OH excluding ortho intramolecular Hbond substituents is 1. The van der Waals surface area contributed by atoms with Crippen LogP contribution in [-0.4, -0.2) is 30.6 Å². The highest BCUT2D eigenvalue weighted by atomic mass is 16.5. The minimum atomic E-state index is -0.158. The quantitative estimate of drug-likeness (QED) is 0.765. The Morgan fingerprint density at radius 1 is 1.28 bits per heavy atom. The van der Waals surface area contributed by atoms with Gasteiger partial charge in [0.05, 0.1) is 30.8 Å². The first-order valence-electron chi connectivity index (χ1n) is 10.4. The van der Waals surface area contributed by atoms with E-state index >= 15 is 0 Å². The smallest absolute Gasteiger partial charge is 0.231 e. The van der Waals surface area contributed by atoms with E-state index in [0.29, 0.717) is 36.1 Å². The van der Waals surface area contributed by atoms with E-state index in [0.717, 1.165) is 24.2 Å². The van der Waals surface area contributed by atoms with E-state index in [1.54, 1.807) is 18.2 Å². The van der Waals surface area contributed by atoms with Crippen LogP contribution in [0.3, 0.4) is 0 Å². The van der Waals surface area contributed by atoms with Gasteiger partial charge >= 0.3 is 0 Å². The Morgan fingerprint density at radius 3 is 2.90 bits per heavy atom. The Labute approximate surface area is 171 Å². The summed E-state index contributed by atoms with van der Waals surface area (Å²) in [6.07, 6.45) is 4.17. The van der Waals surface area contributed by atoms with Crippen molar-refractivity contribution in [1.29, 1.82) is 0 Å². The van der Waals surface area contributed by atoms with E-state index in [1.807, 2.05) is 31.2 Å². The maximum absolute atomic E-state index is 13.0. The molecule has 5 heteroatoms. The number of piperidine rings is 1. The van der Waals surface area contributed by atoms with Crippen LogP contribution in [0.2, 0.25) is 0 Å². The lowest BCUT2D eigenvalue weighted by Gasteiger charge is -2.28. The number of phenols is 1. The molecule has 1 unspecified atom stereocenters. The first-order chi connectivity index (χ1) is 14.1. The highest BCUT2D eigenvalue weighted by Gasteiger charge is 2.33. The van der Waals surface area contributed by atoms with E-state index in [4.69, 9.17) is 9.47 Å². The average Bonchev–Trinajstić information content (AvgIpc) is 3.02. The molecule has 0 aliphatic carbocycles. The largest absolute Gasteiger partial charge is 0.507 e. The summed E-state index contributed by atoms with van der Waals surface area (Å²) in [7, 11) is 0. The fraction of sp³-hybridized carbons (Fsp3) is 0.375. The lowest BCUT2D eigenvalue weighted by atomic mass is 9.99. The van der Waals surface area contributed by atoms with Crippen molar-refractivity contribution in [2.24, 2.45) is 5.92 Å². The van der Waals surface area contributed by atoms with Crippen LogP contribution < -0.4 is 14.4 Å². The number of rotatable bonds is 5. The number of carbonyl (C=O) groups is 1. The number of fused-ring (bicyclic) bond motifs is 1. The number of Topliss-reactive ketones (excluding diaryl/α,β-unsaturated/α-hetero) is 1. The van der Waals surface area contributed by atoms with E-state index < -0.39 is 0 Å². The van der Waals surface area contributed by atoms with Crippen LogP contribution in [0.15, 0.2) is 42.2 Å². The molecule has 1 fully saturated rings. The summed E-state index contributed by atoms with van der Waals surface area (Å²) in [5, 5.41) is 10.5. The second kappa shape index (κ2) is 8.29. The number of nitrogens with one attached hydrogen (secondary N) is 1. The first-order valence-corrected chi connectivity index (χ1v) is 10.4. The van der Waals surface area contributed by atoms with Crippen molar-refractivity contribution in [2.45, 2.75) is 33.2 Å². The summed E-state index contributed by atoms with van der Waals surface area (Å²) in [5.41, 5.74) is 2.04. The van der Waals surface area contributed by atoms with Gasteiger partial charge in [-0.1, -0.05) is 25.1 Å². The number of ketones is 1. The fourth-order valence-electron chi connectivity index (χ4n) is 4.30. The number of likely N-dealkylation sites (tertiary alicyclic amines) is 1. The second-order valence-electron chi connectivity index (χ2n) is 7.98. The molecular formula is C24H28NO4+. The van der Waals surface area contributed by atoms with Crippen LogP contribution in [-0.2, 0) is 6.54 Å². The van der Waals surface area contributed by atoms with E-state index in [2.05, 4.69) is 6.92 Å². The molecule has 0 amide bonds. The Bertz CT molecular complexity index is 950. The van der Waals surface area contributed by atoms with Gasteiger partial charge in [-0.25, -0.2) is 0 Å². The maximum Gasteiger partial charge on any atom is 0.231 e. The van der Waals surface area contributed by atoms with E-state index in [9.17, 15) is 9.90 Å². The molecule has 2 N–H and O–H groups in total. The predicted molar refractivity (Wildman–Crippen MR) is 111 cm³/mol. The zero-order valence-electron chi connectivity index (χ0n) is 17.0. The van der Waals surface area contributed by atoms with Gasteiger partial charge in [0.2, 0.25) is 5.78 Å². The number of carbonyl (C=O) groups excluding carboxylic acids is 1. The summed E-state index contributed by atoms with van der Waals surface area (Å²) in [5.74, 6) is 2.19. The average molecular weight is 394 g/mol. The third-order valence-corrected chi connectivity index (χ3v) is 5.71. The molecule has 0 saturated carbocycles. The van der Waals surface area contributed by atoms with Gasteiger partial charge in [-0.3, -0.25) is 4.79 Å². The van der Waals surface area contributed by atoms with Crippen LogP contribution in [0.25, 0.3) is 6.08 Å². The highest BCUT2D eigenvalue weighted by Crippen LogP contribution is 2.39. The number of benzene rings is 2. The Morgan fingerprint density at radius 2 is 2.10 bits per heavy atom. The normalized spacial score (nSPS) is 22.4. The van der Waals surface area contributed by atoms with Crippen LogP contribution >= 0.6 is 0 Å². The maximum atomic E-state index is 13.0. The van der Waals surface area contributed by atoms with Gasteiger partial charge in [0, 0.05) is 11.5 Å². The zero-order valence-corrected chi connectivity index (χ0v) is 17.0. The molecule has 1 saturated heterocycles. The first kappa shape index (κ1) is 19.5. The number of para-hydroxylation sites is 1. The summed E-state index contributed by atoms with van der Waals surface area (Å²) < 4.78 is 11.7. The molecule has 2 aromatic carbocycles. The van der Waals surface area contributed by atoms with Crippen molar-refractivity contribution in [1.82, 2.24) is 0 Å². The van der Waals surface area contributed by atoms with Gasteiger partial charge in [0.1, 0.15) is 18.0 Å². The number of hydrogen-bond acceptors (Lipinski definition) is 4. The molecular weight excluding hydrogens is 366 g/mol. The predicted octanol–water partition coefficient (Wildman–Crippen LogP) is 3.22. The number of hydrogen-bond donors (Lipinski definition) is 2. The van der Waals surface area contributed by atoms with Crippen molar-refractivity contribution in [3.63, 3.8) is 0 Å². The monoisotopic (exact) mass is 394 g/mol. The molecule has 2 aliphatic rings. The minimum absolute atomic E-state index is 0.158. The van der Waals surface area contributed by atoms with Gasteiger partial charge in [0.25, 0.3) is 0 Å². The Kier molecular flexibility index (Phi) is 5.58. The molecule has 2 aliphatic heterocycles. The van der Waals surface area contributed by atoms with E-state index in [1.165, 1.54) is 17.7 Å². The van der Waals surface area contributed by atoms with Gasteiger partial charge in [0.15, 0.2) is 11.5 Å². The van der Waals surface area contributed by atoms with Crippen LogP contribution in [0.5, 0.6) is 17.2 Å². The molecule has 5 nitrogen and oxygen atoms in total. The number of ether oxygens (including phenoxy) is 2. The van der Waals surface area contributed by atoms with Gasteiger partial charge in [-0.05, 0) is 44.0 Å². The lowest BCUT2D eigenvalue weighted by Crippen LogP contribution is -3.12. The van der Waals surface area contributed by atoms with E-state index in [-0.39, 0.29) is 17.3 Å². The lowest BCUT2D eigenvalue weighted by molar-refractivity contribution is -0.922. The fourth-order valence-corrected chi connectivity index (χ4v) is 4.30. The summed E-state index contributed by atoms with van der Waals surface area (Å²) in [4.78, 5) is 14.4. The third kappa shape index (κ3) is 4.01. The van der Waals surface area contributed by atoms with Crippen LogP contribution in [0.4, 0.5) is 0 Å². The molecule has 0 bridgehead atoms. The van der Waals surface area contributed by atoms with Gasteiger partial charge in [-0.2, -0.15) is 0 Å². The van der Waals surface area contributed by atoms with Crippen molar-refractivity contribution < 1.29 is 24.3 Å². The molecule has 152 valence electrons. The Balaban J connectivity index is 1.64. The molecule has 0 spiro atoms. The van der Waals surface area contributed by atoms with Gasteiger partial charge in [-0.15, -0.1) is 0 Å². The third-order valence-electron chi connectivity index (χ3n) is 5.71. The van der Waals surface area contributed by atoms with Crippen molar-refractivity contribution in [2.75, 3.05) is 19.7 Å². The second-order valence-corrected chi connectivity index (χ2v) is 7.98. The summed E-state index contributed by atoms with van der Waals surface area (Å²) in [6.45, 7) is 7.55. The topological polar surface area (TPSA) is 60.2 Å². The van der Waals surface area contributed by atoms with Crippen LogP contribution in [0.1, 0.15) is 48.2 Å². The van der Waals surface area contributed by atoms with Crippen molar-refractivity contribution in [3.05, 3.63) is 58.8 Å². The highest BCUT2D eigenvalue weighted by molar-refractivity contribution is 6.15. The Hall–Kier alpha value is -2.79. The van der Waals surface area contributed by atoms with Crippen LogP contribution in [0, 0.1) is 5.92 Å². The molecule has 4 rings (SSSR count). The number of aromatic hydroxyl groups is 1. The number of allylic oxidation sites excluding steroid dienone is 1. The van der Waals surface area contributed by atoms with Crippen molar-refractivity contribution >= 4 is 11.9 Å². The minimum Gasteiger partial charge on any atom is -0.507 e. The number of quaternary nitrogens is 1.